The quantitative estimate of drug-likeness (QED) is 0.378. The molecule has 0 radical (unpaired) electrons. The first-order chi connectivity index (χ1) is 18.2. The molecule has 2 aromatic carbocycles. The summed E-state index contributed by atoms with van der Waals surface area (Å²) in [5.74, 6) is 1.78. The summed E-state index contributed by atoms with van der Waals surface area (Å²) >= 11 is 0. The minimum absolute atomic E-state index is 0.0737. The lowest BCUT2D eigenvalue weighted by atomic mass is 10.1. The molecular weight excluding hydrogens is 466 g/mol. The highest BCUT2D eigenvalue weighted by molar-refractivity contribution is 5.94. The zero-order chi connectivity index (χ0) is 25.6. The first-order valence-corrected chi connectivity index (χ1v) is 12.9. The van der Waals surface area contributed by atoms with E-state index >= 15 is 0 Å². The van der Waals surface area contributed by atoms with Crippen molar-refractivity contribution in [3.63, 3.8) is 0 Å². The van der Waals surface area contributed by atoms with E-state index in [9.17, 15) is 4.79 Å². The third-order valence-corrected chi connectivity index (χ3v) is 6.60. The molecule has 0 aliphatic carbocycles. The summed E-state index contributed by atoms with van der Waals surface area (Å²) in [4.78, 5) is 26.3. The number of hydrogen-bond donors (Lipinski definition) is 1. The van der Waals surface area contributed by atoms with Gasteiger partial charge in [-0.05, 0) is 48.9 Å². The number of anilines is 1. The van der Waals surface area contributed by atoms with Crippen LogP contribution in [0.1, 0.15) is 35.3 Å². The Kier molecular flexibility index (Phi) is 7.60. The predicted molar refractivity (Wildman–Crippen MR) is 144 cm³/mol. The third-order valence-electron chi connectivity index (χ3n) is 6.60. The molecule has 1 aliphatic rings. The minimum Gasteiger partial charge on any atom is -0.494 e. The molecule has 1 aliphatic heterocycles. The van der Waals surface area contributed by atoms with E-state index < -0.39 is 0 Å². The number of aromatic nitrogens is 4. The number of amides is 1. The second-order valence-electron chi connectivity index (χ2n) is 9.07. The molecular formula is C28H33N7O2. The highest BCUT2D eigenvalue weighted by atomic mass is 16.5. The van der Waals surface area contributed by atoms with Crippen LogP contribution in [0.2, 0.25) is 0 Å². The summed E-state index contributed by atoms with van der Waals surface area (Å²) in [7, 11) is 0. The Morgan fingerprint density at radius 3 is 2.57 bits per heavy atom. The largest absolute Gasteiger partial charge is 0.494 e. The van der Waals surface area contributed by atoms with Gasteiger partial charge in [0.2, 0.25) is 0 Å². The summed E-state index contributed by atoms with van der Waals surface area (Å²) in [5.41, 5.74) is 3.80. The normalized spacial score (nSPS) is 13.8. The first-order valence-electron chi connectivity index (χ1n) is 12.9. The van der Waals surface area contributed by atoms with Crippen LogP contribution < -0.4 is 15.0 Å². The van der Waals surface area contributed by atoms with Crippen LogP contribution in [0, 0.1) is 0 Å². The molecule has 0 unspecified atom stereocenters. The van der Waals surface area contributed by atoms with E-state index in [-0.39, 0.29) is 5.91 Å². The van der Waals surface area contributed by atoms with Crippen molar-refractivity contribution in [1.82, 2.24) is 30.0 Å². The number of ether oxygens (including phenoxy) is 1. The van der Waals surface area contributed by atoms with Gasteiger partial charge in [0.05, 0.1) is 24.7 Å². The van der Waals surface area contributed by atoms with E-state index in [1.165, 1.54) is 5.56 Å². The number of nitrogens with one attached hydrogen (secondary N) is 1. The fourth-order valence-electron chi connectivity index (χ4n) is 4.66. The SMILES string of the molecule is CCNCc1ccc(C(=O)N2CCN(c3ncnc4c3cnn4Cc3cccc(OCC)c3)CC2)cc1. The summed E-state index contributed by atoms with van der Waals surface area (Å²) in [6.07, 6.45) is 3.43. The number of piperazine rings is 1. The lowest BCUT2D eigenvalue weighted by Gasteiger charge is -2.35. The molecule has 37 heavy (non-hydrogen) atoms. The average molecular weight is 500 g/mol. The Morgan fingerprint density at radius 2 is 1.81 bits per heavy atom. The van der Waals surface area contributed by atoms with Crippen LogP contribution in [0.3, 0.4) is 0 Å². The zero-order valence-corrected chi connectivity index (χ0v) is 21.4. The molecule has 192 valence electrons. The number of carbonyl (C=O) groups is 1. The lowest BCUT2D eigenvalue weighted by Crippen LogP contribution is -2.49. The van der Waals surface area contributed by atoms with E-state index in [0.717, 1.165) is 46.8 Å². The van der Waals surface area contributed by atoms with Gasteiger partial charge in [-0.1, -0.05) is 31.2 Å². The van der Waals surface area contributed by atoms with Gasteiger partial charge in [0.25, 0.3) is 5.91 Å². The Bertz CT molecular complexity index is 1340. The Morgan fingerprint density at radius 1 is 1.00 bits per heavy atom. The van der Waals surface area contributed by atoms with Crippen LogP contribution in [0.25, 0.3) is 11.0 Å². The molecule has 9 nitrogen and oxygen atoms in total. The molecule has 4 aromatic rings. The first kappa shape index (κ1) is 24.7. The van der Waals surface area contributed by atoms with Crippen molar-refractivity contribution in [3.8, 4) is 5.75 Å². The van der Waals surface area contributed by atoms with E-state index in [4.69, 9.17) is 4.74 Å². The zero-order valence-electron chi connectivity index (χ0n) is 21.4. The summed E-state index contributed by atoms with van der Waals surface area (Å²) in [5, 5.41) is 8.83. The molecule has 3 heterocycles. The van der Waals surface area contributed by atoms with Crippen molar-refractivity contribution < 1.29 is 9.53 Å². The van der Waals surface area contributed by atoms with Crippen LogP contribution in [0.4, 0.5) is 5.82 Å². The predicted octanol–water partition coefficient (Wildman–Crippen LogP) is 3.35. The average Bonchev–Trinajstić information content (AvgIpc) is 3.35. The highest BCUT2D eigenvalue weighted by Gasteiger charge is 2.25. The van der Waals surface area contributed by atoms with Crippen molar-refractivity contribution in [1.29, 1.82) is 0 Å². The molecule has 0 atom stereocenters. The number of rotatable bonds is 9. The van der Waals surface area contributed by atoms with Gasteiger partial charge in [-0.2, -0.15) is 5.10 Å². The molecule has 5 rings (SSSR count). The standard InChI is InChI=1S/C28H33N7O2/c1-3-29-17-21-8-10-23(11-9-21)28(36)34-14-12-33(13-15-34)26-25-18-32-35(27(25)31-20-30-26)19-22-6-5-7-24(16-22)37-4-2/h5-11,16,18,20,29H,3-4,12-15,17,19H2,1-2H3. The van der Waals surface area contributed by atoms with Gasteiger partial charge in [-0.15, -0.1) is 0 Å². The van der Waals surface area contributed by atoms with Gasteiger partial charge in [0, 0.05) is 38.3 Å². The van der Waals surface area contributed by atoms with Gasteiger partial charge < -0.3 is 19.9 Å². The van der Waals surface area contributed by atoms with Crippen molar-refractivity contribution >= 4 is 22.8 Å². The molecule has 2 aromatic heterocycles. The van der Waals surface area contributed by atoms with E-state index in [1.54, 1.807) is 6.33 Å². The van der Waals surface area contributed by atoms with Gasteiger partial charge in [0.1, 0.15) is 17.9 Å². The van der Waals surface area contributed by atoms with Gasteiger partial charge in [-0.25, -0.2) is 14.6 Å². The molecule has 0 bridgehead atoms. The Labute approximate surface area is 217 Å². The monoisotopic (exact) mass is 499 g/mol. The molecule has 0 saturated carbocycles. The van der Waals surface area contributed by atoms with Gasteiger partial charge in [-0.3, -0.25) is 4.79 Å². The summed E-state index contributed by atoms with van der Waals surface area (Å²) < 4.78 is 7.53. The van der Waals surface area contributed by atoms with Crippen molar-refractivity contribution in [2.24, 2.45) is 0 Å². The molecule has 1 saturated heterocycles. The lowest BCUT2D eigenvalue weighted by molar-refractivity contribution is 0.0746. The fourth-order valence-corrected chi connectivity index (χ4v) is 4.66. The highest BCUT2D eigenvalue weighted by Crippen LogP contribution is 2.25. The van der Waals surface area contributed by atoms with Crippen LogP contribution in [-0.2, 0) is 13.1 Å². The van der Waals surface area contributed by atoms with Gasteiger partial charge >= 0.3 is 0 Å². The number of carbonyl (C=O) groups excluding carboxylic acids is 1. The maximum atomic E-state index is 13.1. The number of hydrogen-bond acceptors (Lipinski definition) is 7. The van der Waals surface area contributed by atoms with Crippen LogP contribution in [-0.4, -0.2) is 69.9 Å². The number of benzene rings is 2. The second-order valence-corrected chi connectivity index (χ2v) is 9.07. The Hall–Kier alpha value is -3.98. The van der Waals surface area contributed by atoms with E-state index in [1.807, 2.05) is 65.2 Å². The maximum Gasteiger partial charge on any atom is 0.253 e. The van der Waals surface area contributed by atoms with E-state index in [2.05, 4.69) is 38.3 Å². The molecule has 1 amide bonds. The molecule has 1 N–H and O–H groups in total. The fraction of sp³-hybridized carbons (Fsp3) is 0.357. The van der Waals surface area contributed by atoms with Gasteiger partial charge in [0.15, 0.2) is 5.65 Å². The van der Waals surface area contributed by atoms with Crippen LogP contribution >= 0.6 is 0 Å². The minimum atomic E-state index is 0.0737. The smallest absolute Gasteiger partial charge is 0.253 e. The molecule has 9 heteroatoms. The number of fused-ring (bicyclic) bond motifs is 1. The number of nitrogens with zero attached hydrogens (tertiary/aromatic N) is 6. The molecule has 0 spiro atoms. The summed E-state index contributed by atoms with van der Waals surface area (Å²) in [6.45, 7) is 9.72. The second kappa shape index (κ2) is 11.4. The summed E-state index contributed by atoms with van der Waals surface area (Å²) in [6, 6.07) is 15.9. The van der Waals surface area contributed by atoms with Crippen molar-refractivity contribution in [2.45, 2.75) is 26.9 Å². The van der Waals surface area contributed by atoms with Crippen molar-refractivity contribution in [2.75, 3.05) is 44.2 Å². The topological polar surface area (TPSA) is 88.4 Å². The Balaban J connectivity index is 1.25. The van der Waals surface area contributed by atoms with Crippen LogP contribution in [0.5, 0.6) is 5.75 Å². The molecule has 1 fully saturated rings. The van der Waals surface area contributed by atoms with Crippen LogP contribution in [0.15, 0.2) is 61.1 Å². The van der Waals surface area contributed by atoms with Crippen molar-refractivity contribution in [3.05, 3.63) is 77.7 Å². The van der Waals surface area contributed by atoms with E-state index in [0.29, 0.717) is 39.3 Å². The third kappa shape index (κ3) is 5.56. The maximum absolute atomic E-state index is 13.1.